The fourth-order valence-corrected chi connectivity index (χ4v) is 3.28. The van der Waals surface area contributed by atoms with E-state index in [1.165, 1.54) is 75.9 Å². The summed E-state index contributed by atoms with van der Waals surface area (Å²) in [4.78, 5) is 46.0. The predicted molar refractivity (Wildman–Crippen MR) is 135 cm³/mol. The number of benzene rings is 3. The minimum absolute atomic E-state index is 0.201. The van der Waals surface area contributed by atoms with Crippen molar-refractivity contribution >= 4 is 18.9 Å². The van der Waals surface area contributed by atoms with E-state index in [1.807, 2.05) is 0 Å². The molecule has 39 heavy (non-hydrogen) atoms. The van der Waals surface area contributed by atoms with Crippen molar-refractivity contribution in [3.63, 3.8) is 0 Å². The van der Waals surface area contributed by atoms with Gasteiger partial charge in [0.25, 0.3) is 0 Å². The van der Waals surface area contributed by atoms with Crippen LogP contribution in [0.2, 0.25) is 0 Å². The van der Waals surface area contributed by atoms with Gasteiger partial charge in [-0.15, -0.1) is 15.0 Å². The summed E-state index contributed by atoms with van der Waals surface area (Å²) in [5, 5.41) is 0. The molecule has 1 heterocycles. The van der Waals surface area contributed by atoms with Crippen LogP contribution in [0.15, 0.2) is 54.6 Å². The molecular weight excluding hydrogens is 510 g/mol. The highest BCUT2D eigenvalue weighted by molar-refractivity contribution is 5.77. The van der Waals surface area contributed by atoms with Gasteiger partial charge in [0.05, 0.1) is 21.3 Å². The SMILES string of the molecule is COc1cc(C=O)ccc1Oc1nc(Oc2ccc(C=O)cc2OC)nc(Oc2ccc(C=O)cc2OC)n1. The molecule has 12 nitrogen and oxygen atoms in total. The van der Waals surface area contributed by atoms with Gasteiger partial charge in [-0.3, -0.25) is 14.4 Å². The molecule has 0 aliphatic carbocycles. The summed E-state index contributed by atoms with van der Waals surface area (Å²) in [6.45, 7) is 0. The third kappa shape index (κ3) is 6.25. The second-order valence-electron chi connectivity index (χ2n) is 7.57. The molecule has 0 unspecified atom stereocenters. The van der Waals surface area contributed by atoms with Crippen molar-refractivity contribution in [2.24, 2.45) is 0 Å². The number of hydrogen-bond acceptors (Lipinski definition) is 12. The quantitative estimate of drug-likeness (QED) is 0.233. The summed E-state index contributed by atoms with van der Waals surface area (Å²) in [5.41, 5.74) is 1.12. The van der Waals surface area contributed by atoms with E-state index in [4.69, 9.17) is 28.4 Å². The predicted octanol–water partition coefficient (Wildman–Crippen LogP) is 4.71. The van der Waals surface area contributed by atoms with E-state index in [1.54, 1.807) is 0 Å². The van der Waals surface area contributed by atoms with Gasteiger partial charge in [0.15, 0.2) is 34.5 Å². The topological polar surface area (TPSA) is 145 Å². The molecule has 0 spiro atoms. The van der Waals surface area contributed by atoms with Crippen LogP contribution in [-0.2, 0) is 0 Å². The maximum absolute atomic E-state index is 11.1. The summed E-state index contributed by atoms with van der Waals surface area (Å²) >= 11 is 0. The number of carbonyl (C=O) groups excluding carboxylic acids is 3. The van der Waals surface area contributed by atoms with E-state index in [2.05, 4.69) is 15.0 Å². The number of methoxy groups -OCH3 is 3. The number of nitrogens with zero attached hydrogens (tertiary/aromatic N) is 3. The van der Waals surface area contributed by atoms with Gasteiger partial charge in [0.1, 0.15) is 18.9 Å². The summed E-state index contributed by atoms with van der Waals surface area (Å²) in [7, 11) is 4.24. The van der Waals surface area contributed by atoms with Gasteiger partial charge < -0.3 is 28.4 Å². The number of hydrogen-bond donors (Lipinski definition) is 0. The first-order valence-electron chi connectivity index (χ1n) is 11.2. The van der Waals surface area contributed by atoms with Crippen molar-refractivity contribution in [3.8, 4) is 52.5 Å². The molecule has 0 radical (unpaired) electrons. The smallest absolute Gasteiger partial charge is 0.331 e. The lowest BCUT2D eigenvalue weighted by Gasteiger charge is -2.13. The first kappa shape index (κ1) is 26.5. The zero-order valence-electron chi connectivity index (χ0n) is 20.9. The molecule has 0 N–H and O–H groups in total. The van der Waals surface area contributed by atoms with E-state index < -0.39 is 0 Å². The van der Waals surface area contributed by atoms with Crippen LogP contribution in [0.1, 0.15) is 31.1 Å². The zero-order valence-corrected chi connectivity index (χ0v) is 20.9. The summed E-state index contributed by atoms with van der Waals surface area (Å²) in [5.74, 6) is 1.36. The molecule has 198 valence electrons. The van der Waals surface area contributed by atoms with Crippen LogP contribution >= 0.6 is 0 Å². The van der Waals surface area contributed by atoms with Gasteiger partial charge in [-0.25, -0.2) is 0 Å². The number of rotatable bonds is 12. The Kier molecular flexibility index (Phi) is 8.27. The highest BCUT2D eigenvalue weighted by atomic mass is 16.6. The van der Waals surface area contributed by atoms with Crippen molar-refractivity contribution in [2.45, 2.75) is 0 Å². The van der Waals surface area contributed by atoms with Gasteiger partial charge in [0, 0.05) is 16.7 Å². The Hall–Kier alpha value is -5.52. The van der Waals surface area contributed by atoms with Gasteiger partial charge in [-0.2, -0.15) is 0 Å². The summed E-state index contributed by atoms with van der Waals surface area (Å²) < 4.78 is 33.4. The van der Waals surface area contributed by atoms with Gasteiger partial charge in [-0.1, -0.05) is 0 Å². The van der Waals surface area contributed by atoms with E-state index in [0.29, 0.717) is 35.5 Å². The van der Waals surface area contributed by atoms with E-state index >= 15 is 0 Å². The average Bonchev–Trinajstić information content (AvgIpc) is 2.97. The minimum atomic E-state index is -0.237. The number of aromatic nitrogens is 3. The normalized spacial score (nSPS) is 10.2. The van der Waals surface area contributed by atoms with Crippen LogP contribution in [-0.4, -0.2) is 55.1 Å². The number of aldehydes is 3. The second-order valence-corrected chi connectivity index (χ2v) is 7.57. The number of ether oxygens (including phenoxy) is 6. The molecule has 12 heteroatoms. The molecule has 0 aliphatic rings. The maximum atomic E-state index is 11.1. The Balaban J connectivity index is 1.75. The molecule has 3 aromatic carbocycles. The molecule has 0 aliphatic heterocycles. The highest BCUT2D eigenvalue weighted by Gasteiger charge is 2.18. The first-order chi connectivity index (χ1) is 19.0. The minimum Gasteiger partial charge on any atom is -0.493 e. The fourth-order valence-electron chi connectivity index (χ4n) is 3.28. The van der Waals surface area contributed by atoms with Crippen molar-refractivity contribution in [1.82, 2.24) is 15.0 Å². The average molecular weight is 531 g/mol. The molecular formula is C27H21N3O9. The molecule has 0 saturated carbocycles. The molecule has 4 aromatic rings. The first-order valence-corrected chi connectivity index (χ1v) is 11.2. The standard InChI is InChI=1S/C27H21N3O9/c1-34-22-10-16(13-31)4-7-19(22)37-25-28-26(38-20-8-5-17(14-32)11-23(20)35-2)30-27(29-25)39-21-9-6-18(15-33)12-24(21)36-3/h4-15H,1-3H3. The third-order valence-corrected chi connectivity index (χ3v) is 5.15. The molecule has 0 atom stereocenters. The Bertz CT molecular complexity index is 1330. The van der Waals surface area contributed by atoms with Crippen molar-refractivity contribution in [1.29, 1.82) is 0 Å². The van der Waals surface area contributed by atoms with Crippen molar-refractivity contribution < 1.29 is 42.8 Å². The largest absolute Gasteiger partial charge is 0.493 e. The van der Waals surface area contributed by atoms with Crippen molar-refractivity contribution in [2.75, 3.05) is 21.3 Å². The zero-order chi connectivity index (χ0) is 27.8. The van der Waals surface area contributed by atoms with Gasteiger partial charge in [0.2, 0.25) is 0 Å². The molecule has 1 aromatic heterocycles. The molecule has 0 amide bonds. The fraction of sp³-hybridized carbons (Fsp3) is 0.111. The second kappa shape index (κ2) is 12.1. The molecule has 0 fully saturated rings. The lowest BCUT2D eigenvalue weighted by atomic mass is 10.2. The lowest BCUT2D eigenvalue weighted by Crippen LogP contribution is -2.03. The summed E-state index contributed by atoms with van der Waals surface area (Å²) in [6, 6.07) is 12.9. The van der Waals surface area contributed by atoms with E-state index in [0.717, 1.165) is 0 Å². The highest BCUT2D eigenvalue weighted by Crippen LogP contribution is 2.36. The van der Waals surface area contributed by atoms with Crippen LogP contribution in [0.4, 0.5) is 0 Å². The Morgan fingerprint density at radius 1 is 0.462 bits per heavy atom. The Morgan fingerprint density at radius 3 is 0.974 bits per heavy atom. The lowest BCUT2D eigenvalue weighted by molar-refractivity contribution is 0.111. The van der Waals surface area contributed by atoms with Crippen LogP contribution in [0.25, 0.3) is 0 Å². The van der Waals surface area contributed by atoms with Gasteiger partial charge in [-0.05, 0) is 54.6 Å². The van der Waals surface area contributed by atoms with E-state index in [9.17, 15) is 14.4 Å². The number of carbonyl (C=O) groups is 3. The monoisotopic (exact) mass is 531 g/mol. The Morgan fingerprint density at radius 2 is 0.744 bits per heavy atom. The van der Waals surface area contributed by atoms with Crippen LogP contribution in [0.3, 0.4) is 0 Å². The van der Waals surface area contributed by atoms with E-state index in [-0.39, 0.29) is 52.5 Å². The van der Waals surface area contributed by atoms with Crippen LogP contribution in [0.5, 0.6) is 52.5 Å². The van der Waals surface area contributed by atoms with Crippen LogP contribution in [0, 0.1) is 0 Å². The molecule has 0 bridgehead atoms. The van der Waals surface area contributed by atoms with Gasteiger partial charge >= 0.3 is 18.0 Å². The maximum Gasteiger partial charge on any atom is 0.331 e. The molecule has 0 saturated heterocycles. The molecule has 4 rings (SSSR count). The van der Waals surface area contributed by atoms with Crippen molar-refractivity contribution in [3.05, 3.63) is 71.3 Å². The van der Waals surface area contributed by atoms with Crippen LogP contribution < -0.4 is 28.4 Å². The third-order valence-electron chi connectivity index (χ3n) is 5.15. The summed E-state index contributed by atoms with van der Waals surface area (Å²) in [6.07, 6.45) is 2.00. The Labute approximate surface area is 222 Å².